The summed E-state index contributed by atoms with van der Waals surface area (Å²) in [6.45, 7) is 2.71. The number of hydrogen-bond acceptors (Lipinski definition) is 3. The number of halogens is 1. The van der Waals surface area contributed by atoms with Gasteiger partial charge >= 0.3 is 0 Å². The average molecular weight is 253 g/mol. The van der Waals surface area contributed by atoms with Crippen molar-refractivity contribution in [3.8, 4) is 11.6 Å². The fourth-order valence-corrected chi connectivity index (χ4v) is 2.61. The quantitative estimate of drug-likeness (QED) is 0.849. The standard InChI is InChI=1S/C12H13ClN2O2/c1-7-4-5-9(17-7)12-14-11(13)10-8(16)3-2-6-15(10)12/h4-5,8,16H,2-3,6H2,1H3. The van der Waals surface area contributed by atoms with Crippen LogP contribution in [0.25, 0.3) is 11.6 Å². The molecule has 1 aliphatic heterocycles. The highest BCUT2D eigenvalue weighted by Crippen LogP contribution is 2.35. The summed E-state index contributed by atoms with van der Waals surface area (Å²) in [5, 5.41) is 10.3. The van der Waals surface area contributed by atoms with Crippen molar-refractivity contribution in [1.82, 2.24) is 9.55 Å². The fourth-order valence-electron chi connectivity index (χ4n) is 2.30. The van der Waals surface area contributed by atoms with E-state index in [9.17, 15) is 5.11 Å². The molecule has 1 aliphatic rings. The van der Waals surface area contributed by atoms with Gasteiger partial charge in [-0.05, 0) is 31.9 Å². The topological polar surface area (TPSA) is 51.2 Å². The summed E-state index contributed by atoms with van der Waals surface area (Å²) in [5.41, 5.74) is 0.710. The molecule has 0 saturated heterocycles. The van der Waals surface area contributed by atoms with Crippen LogP contribution in [0.15, 0.2) is 16.5 Å². The number of imidazole rings is 1. The van der Waals surface area contributed by atoms with Crippen molar-refractivity contribution in [1.29, 1.82) is 0 Å². The molecule has 4 nitrogen and oxygen atoms in total. The molecule has 0 spiro atoms. The molecule has 2 aromatic heterocycles. The minimum atomic E-state index is -0.520. The summed E-state index contributed by atoms with van der Waals surface area (Å²) in [6.07, 6.45) is 1.14. The minimum Gasteiger partial charge on any atom is -0.458 e. The van der Waals surface area contributed by atoms with Crippen LogP contribution >= 0.6 is 11.6 Å². The van der Waals surface area contributed by atoms with E-state index >= 15 is 0 Å². The van der Waals surface area contributed by atoms with E-state index in [1.165, 1.54) is 0 Å². The highest BCUT2D eigenvalue weighted by Gasteiger charge is 2.27. The van der Waals surface area contributed by atoms with Crippen LogP contribution in [-0.2, 0) is 6.54 Å². The molecule has 3 rings (SSSR count). The molecule has 0 aromatic carbocycles. The van der Waals surface area contributed by atoms with Gasteiger partial charge in [-0.3, -0.25) is 0 Å². The number of fused-ring (bicyclic) bond motifs is 1. The smallest absolute Gasteiger partial charge is 0.177 e. The molecule has 0 amide bonds. The molecular weight excluding hydrogens is 240 g/mol. The lowest BCUT2D eigenvalue weighted by molar-refractivity contribution is 0.139. The maximum atomic E-state index is 9.93. The Kier molecular flexibility index (Phi) is 2.49. The Morgan fingerprint density at radius 2 is 2.35 bits per heavy atom. The highest BCUT2D eigenvalue weighted by atomic mass is 35.5. The summed E-state index contributed by atoms with van der Waals surface area (Å²) in [4.78, 5) is 4.30. The molecule has 1 atom stereocenters. The lowest BCUT2D eigenvalue weighted by atomic mass is 10.1. The van der Waals surface area contributed by atoms with Gasteiger partial charge in [0, 0.05) is 6.54 Å². The SMILES string of the molecule is Cc1ccc(-c2nc(Cl)c3n2CCCC3O)o1. The van der Waals surface area contributed by atoms with Gasteiger partial charge in [0.05, 0.1) is 11.8 Å². The molecule has 0 fully saturated rings. The Hall–Kier alpha value is -1.26. The minimum absolute atomic E-state index is 0.376. The van der Waals surface area contributed by atoms with E-state index in [1.807, 2.05) is 23.6 Å². The van der Waals surface area contributed by atoms with Gasteiger partial charge in [0.1, 0.15) is 5.76 Å². The molecule has 90 valence electrons. The number of nitrogens with zero attached hydrogens (tertiary/aromatic N) is 2. The first-order chi connectivity index (χ1) is 8.16. The summed E-state index contributed by atoms with van der Waals surface area (Å²) >= 11 is 6.08. The third kappa shape index (κ3) is 1.68. The van der Waals surface area contributed by atoms with E-state index in [0.717, 1.165) is 25.1 Å². The molecule has 5 heteroatoms. The lowest BCUT2D eigenvalue weighted by Crippen LogP contribution is -2.15. The monoisotopic (exact) mass is 252 g/mol. The predicted molar refractivity (Wildman–Crippen MR) is 63.9 cm³/mol. The molecular formula is C12H13ClN2O2. The van der Waals surface area contributed by atoms with Gasteiger partial charge in [0.2, 0.25) is 0 Å². The maximum absolute atomic E-state index is 9.93. The summed E-state index contributed by atoms with van der Waals surface area (Å²) in [6, 6.07) is 3.77. The fraction of sp³-hybridized carbons (Fsp3) is 0.417. The second kappa shape index (κ2) is 3.89. The van der Waals surface area contributed by atoms with Crippen LogP contribution in [0.5, 0.6) is 0 Å². The van der Waals surface area contributed by atoms with Gasteiger partial charge in [0.15, 0.2) is 16.7 Å². The third-order valence-electron chi connectivity index (χ3n) is 3.10. The zero-order valence-corrected chi connectivity index (χ0v) is 10.2. The zero-order chi connectivity index (χ0) is 12.0. The largest absolute Gasteiger partial charge is 0.458 e. The van der Waals surface area contributed by atoms with Crippen LogP contribution in [0.3, 0.4) is 0 Å². The Labute approximate surface area is 104 Å². The van der Waals surface area contributed by atoms with Crippen LogP contribution in [0.1, 0.15) is 30.4 Å². The van der Waals surface area contributed by atoms with Crippen molar-refractivity contribution in [3.63, 3.8) is 0 Å². The van der Waals surface area contributed by atoms with Gasteiger partial charge < -0.3 is 14.1 Å². The number of aromatic nitrogens is 2. The Bertz CT molecular complexity index is 559. The number of hydrogen-bond donors (Lipinski definition) is 1. The first kappa shape index (κ1) is 10.9. The lowest BCUT2D eigenvalue weighted by Gasteiger charge is -2.20. The zero-order valence-electron chi connectivity index (χ0n) is 9.48. The first-order valence-corrected chi connectivity index (χ1v) is 6.05. The number of aliphatic hydroxyl groups is 1. The first-order valence-electron chi connectivity index (χ1n) is 5.67. The summed E-state index contributed by atoms with van der Waals surface area (Å²) < 4.78 is 7.51. The van der Waals surface area contributed by atoms with E-state index in [0.29, 0.717) is 22.4 Å². The molecule has 0 radical (unpaired) electrons. The van der Waals surface area contributed by atoms with E-state index in [2.05, 4.69) is 4.98 Å². The van der Waals surface area contributed by atoms with Crippen molar-refractivity contribution in [2.75, 3.05) is 0 Å². The number of rotatable bonds is 1. The predicted octanol–water partition coefficient (Wildman–Crippen LogP) is 2.93. The molecule has 0 bridgehead atoms. The molecule has 3 heterocycles. The molecule has 2 aromatic rings. The summed E-state index contributed by atoms with van der Waals surface area (Å²) in [5.74, 6) is 2.24. The van der Waals surface area contributed by atoms with E-state index < -0.39 is 6.10 Å². The van der Waals surface area contributed by atoms with Gasteiger partial charge in [0.25, 0.3) is 0 Å². The Morgan fingerprint density at radius 3 is 3.06 bits per heavy atom. The molecule has 1 unspecified atom stereocenters. The molecule has 1 N–H and O–H groups in total. The number of aryl methyl sites for hydroxylation is 1. The van der Waals surface area contributed by atoms with Crippen molar-refractivity contribution < 1.29 is 9.52 Å². The van der Waals surface area contributed by atoms with E-state index in [-0.39, 0.29) is 0 Å². The number of furan rings is 1. The van der Waals surface area contributed by atoms with Crippen LogP contribution in [0.4, 0.5) is 0 Å². The Balaban J connectivity index is 2.16. The van der Waals surface area contributed by atoms with E-state index in [1.54, 1.807) is 0 Å². The van der Waals surface area contributed by atoms with Crippen LogP contribution in [0, 0.1) is 6.92 Å². The van der Waals surface area contributed by atoms with Crippen molar-refractivity contribution >= 4 is 11.6 Å². The molecule has 17 heavy (non-hydrogen) atoms. The van der Waals surface area contributed by atoms with Gasteiger partial charge in [-0.1, -0.05) is 11.6 Å². The van der Waals surface area contributed by atoms with E-state index in [4.69, 9.17) is 16.0 Å². The molecule has 0 saturated carbocycles. The van der Waals surface area contributed by atoms with Crippen LogP contribution < -0.4 is 0 Å². The molecule has 0 aliphatic carbocycles. The van der Waals surface area contributed by atoms with Crippen molar-refractivity contribution in [2.24, 2.45) is 0 Å². The average Bonchev–Trinajstić information content (AvgIpc) is 2.84. The van der Waals surface area contributed by atoms with Crippen molar-refractivity contribution in [3.05, 3.63) is 28.7 Å². The van der Waals surface area contributed by atoms with Gasteiger partial charge in [-0.25, -0.2) is 4.98 Å². The summed E-state index contributed by atoms with van der Waals surface area (Å²) in [7, 11) is 0. The third-order valence-corrected chi connectivity index (χ3v) is 3.38. The Morgan fingerprint density at radius 1 is 1.53 bits per heavy atom. The maximum Gasteiger partial charge on any atom is 0.177 e. The van der Waals surface area contributed by atoms with Gasteiger partial charge in [-0.2, -0.15) is 0 Å². The van der Waals surface area contributed by atoms with Crippen LogP contribution in [0.2, 0.25) is 5.15 Å². The highest BCUT2D eigenvalue weighted by molar-refractivity contribution is 6.30. The second-order valence-electron chi connectivity index (χ2n) is 4.33. The second-order valence-corrected chi connectivity index (χ2v) is 4.69. The van der Waals surface area contributed by atoms with Gasteiger partial charge in [-0.15, -0.1) is 0 Å². The normalized spacial score (nSPS) is 19.4. The van der Waals surface area contributed by atoms with Crippen LogP contribution in [-0.4, -0.2) is 14.7 Å². The number of aliphatic hydroxyl groups excluding tert-OH is 1. The van der Waals surface area contributed by atoms with Crippen molar-refractivity contribution in [2.45, 2.75) is 32.4 Å².